The van der Waals surface area contributed by atoms with Crippen LogP contribution >= 0.6 is 0 Å². The molecule has 0 aliphatic carbocycles. The first-order chi connectivity index (χ1) is 14.3. The van der Waals surface area contributed by atoms with Gasteiger partial charge in [-0.1, -0.05) is 60.1 Å². The molecule has 1 heteroatoms. The van der Waals surface area contributed by atoms with Gasteiger partial charge in [-0.25, -0.2) is 0 Å². The van der Waals surface area contributed by atoms with Gasteiger partial charge in [0.2, 0.25) is 0 Å². The number of rotatable bonds is 0. The summed E-state index contributed by atoms with van der Waals surface area (Å²) in [5.74, 6) is 12.8. The van der Waals surface area contributed by atoms with E-state index in [2.05, 4.69) is 35.8 Å². The van der Waals surface area contributed by atoms with Crippen LogP contribution in [0, 0.1) is 23.7 Å². The van der Waals surface area contributed by atoms with E-state index in [1.54, 1.807) is 0 Å². The van der Waals surface area contributed by atoms with E-state index in [0.29, 0.717) is 0 Å². The van der Waals surface area contributed by atoms with Gasteiger partial charge in [0, 0.05) is 33.0 Å². The fourth-order valence-corrected chi connectivity index (χ4v) is 3.26. The lowest BCUT2D eigenvalue weighted by Gasteiger charge is -1.92. The van der Waals surface area contributed by atoms with Gasteiger partial charge in [-0.2, -0.15) is 0 Å². The molecule has 0 fully saturated rings. The Hall–Kier alpha value is -4.20. The van der Waals surface area contributed by atoms with Crippen molar-refractivity contribution in [2.45, 2.75) is 0 Å². The Morgan fingerprint density at radius 2 is 0.828 bits per heavy atom. The predicted octanol–water partition coefficient (Wildman–Crippen LogP) is 6.39. The molecule has 4 aromatic carbocycles. The second-order valence-corrected chi connectivity index (χ2v) is 6.76. The van der Waals surface area contributed by atoms with Gasteiger partial charge in [-0.05, 0) is 60.7 Å². The Labute approximate surface area is 169 Å². The molecule has 134 valence electrons. The molecule has 0 atom stereocenters. The number of benzene rings is 4. The molecular weight excluding hydrogens is 352 g/mol. The van der Waals surface area contributed by atoms with Crippen LogP contribution in [0.2, 0.25) is 0 Å². The molecule has 0 bridgehead atoms. The fraction of sp³-hybridized carbons (Fsp3) is 0. The van der Waals surface area contributed by atoms with Crippen LogP contribution in [0.15, 0.2) is 101 Å². The molecule has 0 amide bonds. The maximum Gasteiger partial charge on any atom is 0.136 e. The van der Waals surface area contributed by atoms with Gasteiger partial charge in [0.25, 0.3) is 0 Å². The van der Waals surface area contributed by atoms with Crippen molar-refractivity contribution in [1.29, 1.82) is 0 Å². The molecule has 5 aromatic rings. The first-order valence-corrected chi connectivity index (χ1v) is 9.46. The third kappa shape index (κ3) is 3.63. The third-order valence-electron chi connectivity index (χ3n) is 4.72. The Balaban J connectivity index is 1.50. The van der Waals surface area contributed by atoms with Crippen molar-refractivity contribution in [3.05, 3.63) is 119 Å². The smallest absolute Gasteiger partial charge is 0.136 e. The molecule has 1 aromatic heterocycles. The highest BCUT2D eigenvalue weighted by atomic mass is 16.3. The van der Waals surface area contributed by atoms with Gasteiger partial charge in [0.15, 0.2) is 0 Å². The van der Waals surface area contributed by atoms with Crippen molar-refractivity contribution in [2.24, 2.45) is 0 Å². The maximum atomic E-state index is 6.10. The van der Waals surface area contributed by atoms with Crippen LogP contribution in [0.5, 0.6) is 0 Å². The molecule has 1 nitrogen and oxygen atoms in total. The van der Waals surface area contributed by atoms with Crippen LogP contribution in [-0.4, -0.2) is 0 Å². The fourth-order valence-electron chi connectivity index (χ4n) is 3.26. The predicted molar refractivity (Wildman–Crippen MR) is 119 cm³/mol. The molecule has 29 heavy (non-hydrogen) atoms. The maximum absolute atomic E-state index is 6.10. The number of hydrogen-bond donors (Lipinski definition) is 0. The molecule has 0 spiro atoms. The molecule has 0 saturated heterocycles. The lowest BCUT2D eigenvalue weighted by atomic mass is 10.1. The van der Waals surface area contributed by atoms with Crippen LogP contribution in [0.25, 0.3) is 21.9 Å². The minimum absolute atomic E-state index is 0.841. The van der Waals surface area contributed by atoms with E-state index < -0.39 is 0 Å². The van der Waals surface area contributed by atoms with Crippen molar-refractivity contribution in [3.63, 3.8) is 0 Å². The van der Waals surface area contributed by atoms with Crippen molar-refractivity contribution < 1.29 is 4.42 Å². The first kappa shape index (κ1) is 16.9. The lowest BCUT2D eigenvalue weighted by Crippen LogP contribution is -1.76. The Kier molecular flexibility index (Phi) is 4.34. The zero-order valence-electron chi connectivity index (χ0n) is 15.6. The third-order valence-corrected chi connectivity index (χ3v) is 4.72. The standard InChI is InChI=1S/C28H16O/c1-3-7-21(8-4-1)11-13-23-15-17-25-26-18-16-24(20-28(26)29-27(25)19-23)14-12-22-9-5-2-6-10-22/h1-10,15-20H. The van der Waals surface area contributed by atoms with E-state index in [1.807, 2.05) is 84.9 Å². The number of hydrogen-bond acceptors (Lipinski definition) is 1. The summed E-state index contributed by atoms with van der Waals surface area (Å²) in [5, 5.41) is 2.18. The zero-order chi connectivity index (χ0) is 19.5. The summed E-state index contributed by atoms with van der Waals surface area (Å²) in [6.07, 6.45) is 0. The summed E-state index contributed by atoms with van der Waals surface area (Å²) < 4.78 is 6.10. The summed E-state index contributed by atoms with van der Waals surface area (Å²) >= 11 is 0. The molecule has 0 saturated carbocycles. The van der Waals surface area contributed by atoms with Crippen LogP contribution < -0.4 is 0 Å². The summed E-state index contributed by atoms with van der Waals surface area (Å²) in [4.78, 5) is 0. The van der Waals surface area contributed by atoms with Gasteiger partial charge >= 0.3 is 0 Å². The zero-order valence-corrected chi connectivity index (χ0v) is 15.6. The Morgan fingerprint density at radius 1 is 0.414 bits per heavy atom. The molecule has 0 aliphatic heterocycles. The monoisotopic (exact) mass is 368 g/mol. The van der Waals surface area contributed by atoms with E-state index in [4.69, 9.17) is 4.42 Å². The number of fused-ring (bicyclic) bond motifs is 3. The second-order valence-electron chi connectivity index (χ2n) is 6.76. The van der Waals surface area contributed by atoms with Crippen LogP contribution in [0.1, 0.15) is 22.3 Å². The summed E-state index contributed by atoms with van der Waals surface area (Å²) in [5.41, 5.74) is 5.55. The molecule has 1 heterocycles. The first-order valence-electron chi connectivity index (χ1n) is 9.46. The van der Waals surface area contributed by atoms with Crippen LogP contribution in [0.4, 0.5) is 0 Å². The van der Waals surface area contributed by atoms with E-state index in [-0.39, 0.29) is 0 Å². The highest BCUT2D eigenvalue weighted by Crippen LogP contribution is 2.29. The molecular formula is C28H16O. The van der Waals surface area contributed by atoms with Crippen molar-refractivity contribution in [3.8, 4) is 23.7 Å². The average Bonchev–Trinajstić information content (AvgIpc) is 3.14. The average molecular weight is 368 g/mol. The van der Waals surface area contributed by atoms with E-state index >= 15 is 0 Å². The Bertz CT molecular complexity index is 1320. The van der Waals surface area contributed by atoms with Crippen molar-refractivity contribution in [2.75, 3.05) is 0 Å². The van der Waals surface area contributed by atoms with Crippen LogP contribution in [-0.2, 0) is 0 Å². The van der Waals surface area contributed by atoms with Crippen molar-refractivity contribution >= 4 is 21.9 Å². The van der Waals surface area contributed by atoms with E-state index in [9.17, 15) is 0 Å². The SMILES string of the molecule is C(#Cc1ccc2c(c1)oc1cc(C#Cc3ccccc3)ccc12)c1ccccc1. The largest absolute Gasteiger partial charge is 0.456 e. The quantitative estimate of drug-likeness (QED) is 0.289. The highest BCUT2D eigenvalue weighted by molar-refractivity contribution is 6.05. The summed E-state index contributed by atoms with van der Waals surface area (Å²) in [6.45, 7) is 0. The van der Waals surface area contributed by atoms with Crippen LogP contribution in [0.3, 0.4) is 0 Å². The molecule has 0 radical (unpaired) electrons. The highest BCUT2D eigenvalue weighted by Gasteiger charge is 2.07. The normalized spacial score (nSPS) is 10.2. The van der Waals surface area contributed by atoms with Gasteiger partial charge in [0.05, 0.1) is 0 Å². The summed E-state index contributed by atoms with van der Waals surface area (Å²) in [6, 6.07) is 32.2. The van der Waals surface area contributed by atoms with E-state index in [1.165, 1.54) is 0 Å². The van der Waals surface area contributed by atoms with Gasteiger partial charge in [0.1, 0.15) is 11.2 Å². The lowest BCUT2D eigenvalue weighted by molar-refractivity contribution is 0.668. The molecule has 5 rings (SSSR count). The minimum atomic E-state index is 0.841. The minimum Gasteiger partial charge on any atom is -0.456 e. The molecule has 0 unspecified atom stereocenters. The second kappa shape index (κ2) is 7.43. The molecule has 0 N–H and O–H groups in total. The molecule has 0 aliphatic rings. The van der Waals surface area contributed by atoms with Crippen molar-refractivity contribution in [1.82, 2.24) is 0 Å². The van der Waals surface area contributed by atoms with E-state index in [0.717, 1.165) is 44.2 Å². The number of furan rings is 1. The van der Waals surface area contributed by atoms with Gasteiger partial charge in [-0.15, -0.1) is 0 Å². The van der Waals surface area contributed by atoms with Gasteiger partial charge < -0.3 is 4.42 Å². The topological polar surface area (TPSA) is 13.1 Å². The summed E-state index contributed by atoms with van der Waals surface area (Å²) in [7, 11) is 0. The Morgan fingerprint density at radius 3 is 1.28 bits per heavy atom. The van der Waals surface area contributed by atoms with Gasteiger partial charge in [-0.3, -0.25) is 0 Å².